The number of aryl methyl sites for hydroxylation is 1. The number of carbonyl (C=O) groups is 2. The number of amides is 1. The minimum atomic E-state index is -1.56. The third-order valence-electron chi connectivity index (χ3n) is 4.61. The predicted molar refractivity (Wildman–Crippen MR) is 108 cm³/mol. The van der Waals surface area contributed by atoms with Gasteiger partial charge in [-0.2, -0.15) is 5.10 Å². The van der Waals surface area contributed by atoms with E-state index < -0.39 is 29.8 Å². The van der Waals surface area contributed by atoms with Gasteiger partial charge in [-0.25, -0.2) is 9.18 Å². The zero-order chi connectivity index (χ0) is 21.7. The number of esters is 1. The molecule has 8 heteroatoms. The number of nitrogens with zero attached hydrogens (tertiary/aromatic N) is 2. The van der Waals surface area contributed by atoms with E-state index in [0.717, 1.165) is 12.7 Å². The number of aromatic nitrogens is 2. The second-order valence-corrected chi connectivity index (χ2v) is 6.81. The third-order valence-corrected chi connectivity index (χ3v) is 4.61. The molecule has 7 nitrogen and oxygen atoms in total. The number of methoxy groups -OCH3 is 1. The van der Waals surface area contributed by atoms with Crippen LogP contribution < -0.4 is 5.32 Å². The summed E-state index contributed by atoms with van der Waals surface area (Å²) in [6, 6.07) is 14.0. The summed E-state index contributed by atoms with van der Waals surface area (Å²) in [5, 5.41) is 17.4. The molecular formula is C22H22FN3O4. The number of ether oxygens (including phenoxy) is 1. The van der Waals surface area contributed by atoms with Crippen molar-refractivity contribution in [2.24, 2.45) is 7.05 Å². The predicted octanol–water partition coefficient (Wildman–Crippen LogP) is 2.10. The summed E-state index contributed by atoms with van der Waals surface area (Å²) >= 11 is 0. The Hall–Kier alpha value is -3.52. The second-order valence-electron chi connectivity index (χ2n) is 6.81. The minimum absolute atomic E-state index is 0.193. The maximum atomic E-state index is 13.7. The van der Waals surface area contributed by atoms with Crippen LogP contribution in [0.5, 0.6) is 0 Å². The van der Waals surface area contributed by atoms with Gasteiger partial charge in [0.1, 0.15) is 11.5 Å². The lowest BCUT2D eigenvalue weighted by molar-refractivity contribution is -0.151. The van der Waals surface area contributed by atoms with Gasteiger partial charge in [-0.05, 0) is 24.1 Å². The molecule has 2 N–H and O–H groups in total. The van der Waals surface area contributed by atoms with Crippen molar-refractivity contribution >= 4 is 11.9 Å². The van der Waals surface area contributed by atoms with Gasteiger partial charge in [0.25, 0.3) is 5.91 Å². The van der Waals surface area contributed by atoms with E-state index in [0.29, 0.717) is 11.3 Å². The number of hydrogen-bond acceptors (Lipinski definition) is 5. The van der Waals surface area contributed by atoms with Gasteiger partial charge in [0.05, 0.1) is 18.7 Å². The van der Waals surface area contributed by atoms with Crippen LogP contribution in [0.2, 0.25) is 0 Å². The fraction of sp³-hybridized carbons (Fsp3) is 0.227. The summed E-state index contributed by atoms with van der Waals surface area (Å²) in [4.78, 5) is 24.9. The Morgan fingerprint density at radius 1 is 1.20 bits per heavy atom. The molecule has 2 atom stereocenters. The first-order valence-electron chi connectivity index (χ1n) is 9.29. The normalized spacial score (nSPS) is 12.8. The van der Waals surface area contributed by atoms with Crippen LogP contribution in [0, 0.1) is 5.82 Å². The molecule has 0 aliphatic rings. The molecule has 1 heterocycles. The van der Waals surface area contributed by atoms with E-state index in [2.05, 4.69) is 15.2 Å². The van der Waals surface area contributed by atoms with Gasteiger partial charge in [-0.1, -0.05) is 42.5 Å². The van der Waals surface area contributed by atoms with Crippen LogP contribution in [0.25, 0.3) is 11.3 Å². The standard InChI is InChI=1S/C22H22FN3O4/c1-26-13-17(19(25-26)15-9-6-10-16(23)12-15)21(28)24-18(20(27)22(29)30-2)11-14-7-4-3-5-8-14/h3-10,12-13,18,20,27H,11H2,1-2H3,(H,24,28). The number of aliphatic hydroxyl groups excluding tert-OH is 1. The lowest BCUT2D eigenvalue weighted by atomic mass is 10.00. The van der Waals surface area contributed by atoms with E-state index in [-0.39, 0.29) is 12.0 Å². The average molecular weight is 411 g/mol. The van der Waals surface area contributed by atoms with Crippen molar-refractivity contribution in [3.8, 4) is 11.3 Å². The molecule has 1 aromatic heterocycles. The van der Waals surface area contributed by atoms with Crippen LogP contribution in [0.15, 0.2) is 60.8 Å². The molecule has 1 amide bonds. The Labute approximate surface area is 173 Å². The maximum absolute atomic E-state index is 13.7. The first-order chi connectivity index (χ1) is 14.4. The molecule has 30 heavy (non-hydrogen) atoms. The SMILES string of the molecule is COC(=O)C(O)C(Cc1ccccc1)NC(=O)c1cn(C)nc1-c1cccc(F)c1. The molecule has 3 aromatic rings. The van der Waals surface area contributed by atoms with E-state index >= 15 is 0 Å². The summed E-state index contributed by atoms with van der Waals surface area (Å²) in [6.45, 7) is 0. The topological polar surface area (TPSA) is 93.5 Å². The Morgan fingerprint density at radius 3 is 2.60 bits per heavy atom. The van der Waals surface area contributed by atoms with Crippen molar-refractivity contribution in [2.75, 3.05) is 7.11 Å². The highest BCUT2D eigenvalue weighted by Crippen LogP contribution is 2.23. The summed E-state index contributed by atoms with van der Waals surface area (Å²) in [5.41, 5.74) is 1.75. The average Bonchev–Trinajstić information content (AvgIpc) is 3.14. The number of rotatable bonds is 7. The fourth-order valence-corrected chi connectivity index (χ4v) is 3.14. The van der Waals surface area contributed by atoms with Crippen molar-refractivity contribution in [1.29, 1.82) is 0 Å². The number of nitrogens with one attached hydrogen (secondary N) is 1. The molecule has 2 aromatic carbocycles. The zero-order valence-electron chi connectivity index (χ0n) is 16.6. The van der Waals surface area contributed by atoms with Gasteiger partial charge in [0.2, 0.25) is 0 Å². The number of halogens is 1. The van der Waals surface area contributed by atoms with Gasteiger partial charge in [0, 0.05) is 18.8 Å². The van der Waals surface area contributed by atoms with Crippen molar-refractivity contribution in [3.63, 3.8) is 0 Å². The lowest BCUT2D eigenvalue weighted by Gasteiger charge is -2.22. The van der Waals surface area contributed by atoms with Crippen LogP contribution in [-0.2, 0) is 23.0 Å². The third kappa shape index (κ3) is 4.90. The van der Waals surface area contributed by atoms with E-state index in [1.54, 1.807) is 13.1 Å². The zero-order valence-corrected chi connectivity index (χ0v) is 16.6. The first-order valence-corrected chi connectivity index (χ1v) is 9.29. The summed E-state index contributed by atoms with van der Waals surface area (Å²) in [7, 11) is 2.81. The molecule has 0 saturated carbocycles. The first kappa shape index (κ1) is 21.2. The number of benzene rings is 2. The smallest absolute Gasteiger partial charge is 0.336 e. The molecule has 0 aliphatic heterocycles. The van der Waals surface area contributed by atoms with Crippen molar-refractivity contribution < 1.29 is 23.8 Å². The molecule has 0 fully saturated rings. The van der Waals surface area contributed by atoms with E-state index in [1.807, 2.05) is 30.3 Å². The largest absolute Gasteiger partial charge is 0.467 e. The van der Waals surface area contributed by atoms with E-state index in [4.69, 9.17) is 0 Å². The molecule has 3 rings (SSSR count). The Bertz CT molecular complexity index is 1040. The van der Waals surface area contributed by atoms with Gasteiger partial charge < -0.3 is 15.2 Å². The number of carbonyl (C=O) groups excluding carboxylic acids is 2. The fourth-order valence-electron chi connectivity index (χ4n) is 3.14. The molecule has 0 aliphatic carbocycles. The quantitative estimate of drug-likeness (QED) is 0.581. The van der Waals surface area contributed by atoms with Crippen LogP contribution >= 0.6 is 0 Å². The highest BCUT2D eigenvalue weighted by atomic mass is 19.1. The summed E-state index contributed by atoms with van der Waals surface area (Å²) < 4.78 is 19.7. The highest BCUT2D eigenvalue weighted by Gasteiger charge is 2.30. The van der Waals surface area contributed by atoms with Gasteiger partial charge in [-0.15, -0.1) is 0 Å². The molecule has 0 bridgehead atoms. The molecule has 0 saturated heterocycles. The van der Waals surface area contributed by atoms with Crippen LogP contribution in [0.4, 0.5) is 4.39 Å². The monoisotopic (exact) mass is 411 g/mol. The second kappa shape index (κ2) is 9.32. The minimum Gasteiger partial charge on any atom is -0.467 e. The van der Waals surface area contributed by atoms with E-state index in [9.17, 15) is 19.1 Å². The van der Waals surface area contributed by atoms with E-state index in [1.165, 1.54) is 29.1 Å². The maximum Gasteiger partial charge on any atom is 0.336 e. The number of aliphatic hydroxyl groups is 1. The summed E-state index contributed by atoms with van der Waals surface area (Å²) in [5.74, 6) is -1.86. The van der Waals surface area contributed by atoms with Crippen LogP contribution in [0.1, 0.15) is 15.9 Å². The Morgan fingerprint density at radius 2 is 1.93 bits per heavy atom. The Kier molecular flexibility index (Phi) is 6.58. The number of hydrogen-bond donors (Lipinski definition) is 2. The van der Waals surface area contributed by atoms with Crippen LogP contribution in [0.3, 0.4) is 0 Å². The van der Waals surface area contributed by atoms with Crippen molar-refractivity contribution in [1.82, 2.24) is 15.1 Å². The molecular weight excluding hydrogens is 389 g/mol. The van der Waals surface area contributed by atoms with Gasteiger partial charge in [-0.3, -0.25) is 9.48 Å². The van der Waals surface area contributed by atoms with Crippen molar-refractivity contribution in [2.45, 2.75) is 18.6 Å². The lowest BCUT2D eigenvalue weighted by Crippen LogP contribution is -2.48. The van der Waals surface area contributed by atoms with Crippen molar-refractivity contribution in [3.05, 3.63) is 77.7 Å². The molecule has 0 radical (unpaired) electrons. The van der Waals surface area contributed by atoms with Gasteiger partial charge in [0.15, 0.2) is 6.10 Å². The summed E-state index contributed by atoms with van der Waals surface area (Å²) in [6.07, 6.45) is 0.145. The Balaban J connectivity index is 1.90. The molecule has 0 spiro atoms. The molecule has 156 valence electrons. The highest BCUT2D eigenvalue weighted by molar-refractivity contribution is 6.00. The van der Waals surface area contributed by atoms with Crippen LogP contribution in [-0.4, -0.2) is 46.0 Å². The molecule has 2 unspecified atom stereocenters. The van der Waals surface area contributed by atoms with Gasteiger partial charge >= 0.3 is 5.97 Å².